The zero-order valence-corrected chi connectivity index (χ0v) is 18.8. The van der Waals surface area contributed by atoms with Crippen molar-refractivity contribution in [3.05, 3.63) is 83.7 Å². The fourth-order valence-corrected chi connectivity index (χ4v) is 4.32. The van der Waals surface area contributed by atoms with E-state index in [0.717, 1.165) is 27.9 Å². The van der Waals surface area contributed by atoms with Crippen LogP contribution in [0.15, 0.2) is 66.9 Å². The summed E-state index contributed by atoms with van der Waals surface area (Å²) in [5.74, 6) is -1.82. The third-order valence-electron chi connectivity index (χ3n) is 6.06. The lowest BCUT2D eigenvalue weighted by atomic mass is 9.98. The molecule has 8 heteroatoms. The summed E-state index contributed by atoms with van der Waals surface area (Å²) in [5.41, 5.74) is 5.14. The van der Waals surface area contributed by atoms with Gasteiger partial charge in [-0.15, -0.1) is 0 Å². The molecule has 2 amide bonds. The molecule has 4 N–H and O–H groups in total. The molecule has 0 saturated carbocycles. The smallest absolute Gasteiger partial charge is 0.407 e. The fourth-order valence-electron chi connectivity index (χ4n) is 4.32. The van der Waals surface area contributed by atoms with Crippen LogP contribution in [0.2, 0.25) is 0 Å². The maximum absolute atomic E-state index is 12.8. The number of ether oxygens (including phenoxy) is 1. The number of carbonyl (C=O) groups is 3. The van der Waals surface area contributed by atoms with Gasteiger partial charge in [0, 0.05) is 24.2 Å². The van der Waals surface area contributed by atoms with Crippen LogP contribution in [0, 0.1) is 0 Å². The van der Waals surface area contributed by atoms with Crippen LogP contribution in [0.3, 0.4) is 0 Å². The number of nitrogens with one attached hydrogen (secondary N) is 3. The summed E-state index contributed by atoms with van der Waals surface area (Å²) in [6.07, 6.45) is 1.36. The summed E-state index contributed by atoms with van der Waals surface area (Å²) in [4.78, 5) is 39.9. The Morgan fingerprint density at radius 2 is 1.59 bits per heavy atom. The van der Waals surface area contributed by atoms with E-state index in [2.05, 4.69) is 27.8 Å². The number of carboxylic acid groups (broad SMARTS) is 1. The van der Waals surface area contributed by atoms with Gasteiger partial charge in [0.05, 0.1) is 0 Å². The minimum Gasteiger partial charge on any atom is -0.480 e. The van der Waals surface area contributed by atoms with E-state index in [0.29, 0.717) is 0 Å². The number of carbonyl (C=O) groups excluding carboxylic acids is 2. The minimum absolute atomic E-state index is 0.106. The third kappa shape index (κ3) is 4.96. The number of fused-ring (bicyclic) bond motifs is 3. The van der Waals surface area contributed by atoms with Gasteiger partial charge in [0.15, 0.2) is 0 Å². The molecule has 0 radical (unpaired) electrons. The molecule has 1 aromatic heterocycles. The molecule has 2 atom stereocenters. The van der Waals surface area contributed by atoms with Crippen LogP contribution in [-0.2, 0) is 20.7 Å². The molecule has 2 unspecified atom stereocenters. The van der Waals surface area contributed by atoms with Crippen LogP contribution in [-0.4, -0.2) is 46.8 Å². The number of hydrogen-bond donors (Lipinski definition) is 4. The lowest BCUT2D eigenvalue weighted by molar-refractivity contribution is -0.142. The van der Waals surface area contributed by atoms with E-state index < -0.39 is 30.1 Å². The molecule has 8 nitrogen and oxygen atoms in total. The van der Waals surface area contributed by atoms with Crippen molar-refractivity contribution < 1.29 is 24.2 Å². The van der Waals surface area contributed by atoms with Gasteiger partial charge in [-0.25, -0.2) is 9.59 Å². The molecule has 0 aliphatic heterocycles. The van der Waals surface area contributed by atoms with Crippen molar-refractivity contribution in [3.63, 3.8) is 0 Å². The number of aromatic amines is 1. The minimum atomic E-state index is -1.13. The van der Waals surface area contributed by atoms with Crippen molar-refractivity contribution in [2.45, 2.75) is 37.8 Å². The Labute approximate surface area is 197 Å². The number of H-pyrrole nitrogens is 1. The monoisotopic (exact) mass is 461 g/mol. The summed E-state index contributed by atoms with van der Waals surface area (Å²) >= 11 is 0. The van der Waals surface area contributed by atoms with Crippen LogP contribution in [0.25, 0.3) is 11.1 Å². The Hall–Kier alpha value is -4.07. The molecule has 2 aromatic carbocycles. The molecule has 176 valence electrons. The Balaban J connectivity index is 1.45. The summed E-state index contributed by atoms with van der Waals surface area (Å²) in [6.45, 7) is 1.78. The zero-order valence-electron chi connectivity index (χ0n) is 18.8. The van der Waals surface area contributed by atoms with Crippen LogP contribution >= 0.6 is 0 Å². The number of amides is 2. The zero-order chi connectivity index (χ0) is 24.1. The number of alkyl carbamates (subject to hydrolysis) is 1. The van der Waals surface area contributed by atoms with Gasteiger partial charge in [0.2, 0.25) is 5.91 Å². The molecule has 34 heavy (non-hydrogen) atoms. The van der Waals surface area contributed by atoms with Gasteiger partial charge in [-0.2, -0.15) is 0 Å². The second kappa shape index (κ2) is 10.2. The molecular formula is C26H27N3O5. The van der Waals surface area contributed by atoms with Crippen LogP contribution in [0.4, 0.5) is 4.79 Å². The predicted octanol–water partition coefficient (Wildman–Crippen LogP) is 3.44. The molecule has 1 aliphatic rings. The van der Waals surface area contributed by atoms with Crippen molar-refractivity contribution in [3.8, 4) is 11.1 Å². The van der Waals surface area contributed by atoms with E-state index in [4.69, 9.17) is 4.74 Å². The first kappa shape index (κ1) is 23.1. The highest BCUT2D eigenvalue weighted by molar-refractivity contribution is 5.89. The number of aromatic nitrogens is 1. The normalized spacial score (nSPS) is 13.9. The molecule has 0 saturated heterocycles. The highest BCUT2D eigenvalue weighted by atomic mass is 16.5. The van der Waals surface area contributed by atoms with Crippen molar-refractivity contribution in [1.82, 2.24) is 15.6 Å². The highest BCUT2D eigenvalue weighted by Gasteiger charge is 2.30. The van der Waals surface area contributed by atoms with Crippen molar-refractivity contribution in [1.29, 1.82) is 0 Å². The maximum atomic E-state index is 12.8. The number of benzene rings is 2. The van der Waals surface area contributed by atoms with Gasteiger partial charge in [0.25, 0.3) is 0 Å². The van der Waals surface area contributed by atoms with Crippen LogP contribution in [0.5, 0.6) is 0 Å². The second-order valence-electron chi connectivity index (χ2n) is 8.23. The summed E-state index contributed by atoms with van der Waals surface area (Å²) in [5, 5.41) is 14.4. The summed E-state index contributed by atoms with van der Waals surface area (Å²) in [6, 6.07) is 17.6. The van der Waals surface area contributed by atoms with E-state index >= 15 is 0 Å². The first-order valence-corrected chi connectivity index (χ1v) is 11.2. The number of carboxylic acids is 1. The quantitative estimate of drug-likeness (QED) is 0.389. The molecule has 1 heterocycles. The molecule has 0 spiro atoms. The topological polar surface area (TPSA) is 121 Å². The van der Waals surface area contributed by atoms with E-state index in [1.54, 1.807) is 25.3 Å². The number of hydrogen-bond acceptors (Lipinski definition) is 4. The first-order valence-electron chi connectivity index (χ1n) is 11.2. The maximum Gasteiger partial charge on any atom is 0.407 e. The molecular weight excluding hydrogens is 434 g/mol. The lowest BCUT2D eigenvalue weighted by Crippen LogP contribution is -2.52. The standard InChI is InChI=1S/C26H27N3O5/c1-2-22(25(31)32)28-24(30)23(14-16-8-7-13-27-16)29-26(33)34-15-21-19-11-5-3-9-17(19)18-10-4-6-12-20(18)21/h3-13,21-23,27H,2,14-15H2,1H3,(H,28,30)(H,29,33)(H,31,32). The Morgan fingerprint density at radius 1 is 0.941 bits per heavy atom. The van der Waals surface area contributed by atoms with E-state index in [1.807, 2.05) is 36.4 Å². The Morgan fingerprint density at radius 3 is 2.15 bits per heavy atom. The van der Waals surface area contributed by atoms with E-state index in [-0.39, 0.29) is 25.4 Å². The lowest BCUT2D eigenvalue weighted by Gasteiger charge is -2.21. The molecule has 1 aliphatic carbocycles. The average Bonchev–Trinajstić information content (AvgIpc) is 3.46. The first-order chi connectivity index (χ1) is 16.5. The largest absolute Gasteiger partial charge is 0.480 e. The highest BCUT2D eigenvalue weighted by Crippen LogP contribution is 2.44. The van der Waals surface area contributed by atoms with Gasteiger partial charge in [0.1, 0.15) is 18.7 Å². The third-order valence-corrected chi connectivity index (χ3v) is 6.06. The van der Waals surface area contributed by atoms with Gasteiger partial charge >= 0.3 is 12.1 Å². The van der Waals surface area contributed by atoms with Gasteiger partial charge in [-0.1, -0.05) is 55.5 Å². The SMILES string of the molecule is CCC(NC(=O)C(Cc1ccc[nH]1)NC(=O)OCC1c2ccccc2-c2ccccc21)C(=O)O. The average molecular weight is 462 g/mol. The second-order valence-corrected chi connectivity index (χ2v) is 8.23. The molecule has 4 rings (SSSR count). The molecule has 0 fully saturated rings. The van der Waals surface area contributed by atoms with Crippen LogP contribution < -0.4 is 10.6 Å². The summed E-state index contributed by atoms with van der Waals surface area (Å²) in [7, 11) is 0. The molecule has 3 aromatic rings. The van der Waals surface area contributed by atoms with Gasteiger partial charge < -0.3 is 25.5 Å². The van der Waals surface area contributed by atoms with Crippen molar-refractivity contribution in [2.24, 2.45) is 0 Å². The predicted molar refractivity (Wildman–Crippen MR) is 126 cm³/mol. The number of aliphatic carboxylic acids is 1. The summed E-state index contributed by atoms with van der Waals surface area (Å²) < 4.78 is 5.56. The van der Waals surface area contributed by atoms with E-state index in [9.17, 15) is 19.5 Å². The Bertz CT molecular complexity index is 1130. The van der Waals surface area contributed by atoms with Crippen LogP contribution in [0.1, 0.15) is 36.1 Å². The molecule has 0 bridgehead atoms. The van der Waals surface area contributed by atoms with E-state index in [1.165, 1.54) is 0 Å². The van der Waals surface area contributed by atoms with Crippen molar-refractivity contribution >= 4 is 18.0 Å². The fraction of sp³-hybridized carbons (Fsp3) is 0.269. The van der Waals surface area contributed by atoms with Gasteiger partial charge in [-0.05, 0) is 40.8 Å². The van der Waals surface area contributed by atoms with Gasteiger partial charge in [-0.3, -0.25) is 4.79 Å². The van der Waals surface area contributed by atoms with Crippen molar-refractivity contribution in [2.75, 3.05) is 6.61 Å². The Kier molecular flexibility index (Phi) is 6.96. The number of rotatable bonds is 9.